The van der Waals surface area contributed by atoms with Gasteiger partial charge in [0, 0.05) is 24.8 Å². The van der Waals surface area contributed by atoms with Gasteiger partial charge in [0.2, 0.25) is 10.0 Å². The third kappa shape index (κ3) is 3.26. The lowest BCUT2D eigenvalue weighted by molar-refractivity contribution is 0.579. The van der Waals surface area contributed by atoms with Crippen LogP contribution in [0, 0.1) is 41.5 Å². The molecule has 0 saturated carbocycles. The summed E-state index contributed by atoms with van der Waals surface area (Å²) in [6, 6.07) is 0. The van der Waals surface area contributed by atoms with Gasteiger partial charge < -0.3 is 0 Å². The van der Waals surface area contributed by atoms with Crippen LogP contribution < -0.4 is 4.72 Å². The highest BCUT2D eigenvalue weighted by atomic mass is 32.2. The van der Waals surface area contributed by atoms with Gasteiger partial charge in [0.25, 0.3) is 0 Å². The van der Waals surface area contributed by atoms with Crippen molar-refractivity contribution in [3.05, 3.63) is 45.3 Å². The van der Waals surface area contributed by atoms with Crippen molar-refractivity contribution in [2.24, 2.45) is 0 Å². The minimum absolute atomic E-state index is 0.249. The summed E-state index contributed by atoms with van der Waals surface area (Å²) < 4.78 is 30.4. The highest BCUT2D eigenvalue weighted by molar-refractivity contribution is 7.89. The van der Waals surface area contributed by atoms with Crippen LogP contribution in [0.2, 0.25) is 0 Å². The predicted octanol–water partition coefficient (Wildman–Crippen LogP) is 3.23. The maximum Gasteiger partial charge on any atom is 0.241 e. The first kappa shape index (κ1) is 18.7. The smallest absolute Gasteiger partial charge is 0.241 e. The summed E-state index contributed by atoms with van der Waals surface area (Å²) in [6.07, 6.45) is 1.89. The summed E-state index contributed by atoms with van der Waals surface area (Å²) in [4.78, 5) is 0.406. The summed E-state index contributed by atoms with van der Waals surface area (Å²) in [5.41, 5.74) is 6.62. The molecule has 24 heavy (non-hydrogen) atoms. The zero-order valence-corrected chi connectivity index (χ0v) is 16.4. The third-order valence-corrected chi connectivity index (χ3v) is 6.70. The topological polar surface area (TPSA) is 64.0 Å². The Morgan fingerprint density at radius 3 is 1.92 bits per heavy atom. The molecular formula is C18H27N3O2S. The van der Waals surface area contributed by atoms with Gasteiger partial charge in [0.1, 0.15) is 0 Å². The van der Waals surface area contributed by atoms with Crippen LogP contribution in [0.4, 0.5) is 0 Å². The second-order valence-electron chi connectivity index (χ2n) is 6.37. The number of aromatic nitrogens is 2. The first-order chi connectivity index (χ1) is 11.1. The average molecular weight is 350 g/mol. The maximum absolute atomic E-state index is 12.9. The van der Waals surface area contributed by atoms with E-state index < -0.39 is 10.0 Å². The van der Waals surface area contributed by atoms with Gasteiger partial charge in [-0.1, -0.05) is 0 Å². The molecule has 1 N–H and O–H groups in total. The van der Waals surface area contributed by atoms with Gasteiger partial charge in [-0.15, -0.1) is 0 Å². The van der Waals surface area contributed by atoms with Crippen molar-refractivity contribution in [3.63, 3.8) is 0 Å². The molecule has 2 rings (SSSR count). The predicted molar refractivity (Wildman–Crippen MR) is 96.8 cm³/mol. The largest absolute Gasteiger partial charge is 0.272 e. The molecule has 0 fully saturated rings. The normalized spacial score (nSPS) is 12.0. The Balaban J connectivity index is 2.39. The average Bonchev–Trinajstić information content (AvgIpc) is 2.89. The lowest BCUT2D eigenvalue weighted by atomic mass is 9.95. The second-order valence-corrected chi connectivity index (χ2v) is 8.08. The molecule has 0 saturated heterocycles. The molecular weight excluding hydrogens is 322 g/mol. The Morgan fingerprint density at radius 1 is 0.958 bits per heavy atom. The fourth-order valence-corrected chi connectivity index (χ4v) is 4.61. The van der Waals surface area contributed by atoms with Gasteiger partial charge in [-0.2, -0.15) is 5.10 Å². The summed E-state index contributed by atoms with van der Waals surface area (Å²) >= 11 is 0. The van der Waals surface area contributed by atoms with Crippen molar-refractivity contribution in [3.8, 4) is 0 Å². The number of nitrogens with one attached hydrogen (secondary N) is 1. The molecule has 1 heterocycles. The molecule has 0 amide bonds. The van der Waals surface area contributed by atoms with Crippen LogP contribution in [0.15, 0.2) is 11.1 Å². The number of hydrogen-bond donors (Lipinski definition) is 1. The number of hydrogen-bond acceptors (Lipinski definition) is 3. The Hall–Kier alpha value is -1.66. The minimum atomic E-state index is -3.58. The Kier molecular flexibility index (Phi) is 5.20. The van der Waals surface area contributed by atoms with E-state index in [1.165, 1.54) is 0 Å². The van der Waals surface area contributed by atoms with Gasteiger partial charge in [0.05, 0.1) is 10.6 Å². The van der Waals surface area contributed by atoms with Crippen LogP contribution in [0.25, 0.3) is 0 Å². The first-order valence-electron chi connectivity index (χ1n) is 8.19. The zero-order chi connectivity index (χ0) is 18.2. The molecule has 1 aromatic heterocycles. The van der Waals surface area contributed by atoms with Crippen molar-refractivity contribution in [2.45, 2.75) is 66.5 Å². The van der Waals surface area contributed by atoms with Gasteiger partial charge >= 0.3 is 0 Å². The molecule has 0 aliphatic carbocycles. The molecule has 0 spiro atoms. The van der Waals surface area contributed by atoms with Crippen LogP contribution >= 0.6 is 0 Å². The van der Waals surface area contributed by atoms with E-state index in [2.05, 4.69) is 9.82 Å². The molecule has 0 aliphatic heterocycles. The summed E-state index contributed by atoms with van der Waals surface area (Å²) in [5.74, 6) is 0. The van der Waals surface area contributed by atoms with Crippen molar-refractivity contribution < 1.29 is 8.42 Å². The Bertz CT molecular complexity index is 851. The van der Waals surface area contributed by atoms with E-state index in [0.717, 1.165) is 45.6 Å². The van der Waals surface area contributed by atoms with E-state index in [4.69, 9.17) is 0 Å². The molecule has 5 nitrogen and oxygen atoms in total. The fourth-order valence-electron chi connectivity index (χ4n) is 3.01. The van der Waals surface area contributed by atoms with E-state index in [-0.39, 0.29) is 6.54 Å². The van der Waals surface area contributed by atoms with Crippen molar-refractivity contribution in [1.82, 2.24) is 14.5 Å². The third-order valence-electron chi connectivity index (χ3n) is 5.02. The van der Waals surface area contributed by atoms with Crippen LogP contribution in [0.3, 0.4) is 0 Å². The standard InChI is InChI=1S/C18H27N3O2S/c1-8-21-10-17(16(7)20-21)9-19-24(22,23)18-14(5)12(3)11(2)13(4)15(18)6/h10,19H,8-9H2,1-7H3. The minimum Gasteiger partial charge on any atom is -0.272 e. The summed E-state index contributed by atoms with van der Waals surface area (Å²) in [5, 5.41) is 4.36. The van der Waals surface area contributed by atoms with E-state index in [1.807, 2.05) is 59.3 Å². The van der Waals surface area contributed by atoms with E-state index in [1.54, 1.807) is 0 Å². The first-order valence-corrected chi connectivity index (χ1v) is 9.68. The number of aryl methyl sites for hydroxylation is 2. The van der Waals surface area contributed by atoms with Gasteiger partial charge in [0.15, 0.2) is 0 Å². The lowest BCUT2D eigenvalue weighted by Gasteiger charge is -2.19. The van der Waals surface area contributed by atoms with Crippen LogP contribution in [-0.4, -0.2) is 18.2 Å². The highest BCUT2D eigenvalue weighted by Gasteiger charge is 2.23. The van der Waals surface area contributed by atoms with Gasteiger partial charge in [-0.25, -0.2) is 13.1 Å². The zero-order valence-electron chi connectivity index (χ0n) is 15.6. The molecule has 132 valence electrons. The van der Waals surface area contributed by atoms with Crippen molar-refractivity contribution >= 4 is 10.0 Å². The monoisotopic (exact) mass is 349 g/mol. The van der Waals surface area contributed by atoms with E-state index >= 15 is 0 Å². The van der Waals surface area contributed by atoms with E-state index in [9.17, 15) is 8.42 Å². The molecule has 0 aliphatic rings. The van der Waals surface area contributed by atoms with Gasteiger partial charge in [-0.05, 0) is 76.3 Å². The maximum atomic E-state index is 12.9. The SMILES string of the molecule is CCn1cc(CNS(=O)(=O)c2c(C)c(C)c(C)c(C)c2C)c(C)n1. The molecule has 0 unspecified atom stereocenters. The summed E-state index contributed by atoms with van der Waals surface area (Å²) in [6.45, 7) is 14.7. The van der Waals surface area contributed by atoms with Crippen LogP contribution in [0.1, 0.15) is 46.0 Å². The quantitative estimate of drug-likeness (QED) is 0.901. The number of nitrogens with zero attached hydrogens (tertiary/aromatic N) is 2. The van der Waals surface area contributed by atoms with Gasteiger partial charge in [-0.3, -0.25) is 4.68 Å². The van der Waals surface area contributed by atoms with Crippen molar-refractivity contribution in [1.29, 1.82) is 0 Å². The molecule has 0 radical (unpaired) electrons. The molecule has 6 heteroatoms. The van der Waals surface area contributed by atoms with E-state index in [0.29, 0.717) is 4.90 Å². The van der Waals surface area contributed by atoms with Crippen LogP contribution in [-0.2, 0) is 23.1 Å². The lowest BCUT2D eigenvalue weighted by Crippen LogP contribution is -2.26. The van der Waals surface area contributed by atoms with Crippen LogP contribution in [0.5, 0.6) is 0 Å². The molecule has 1 aromatic carbocycles. The molecule has 0 bridgehead atoms. The summed E-state index contributed by atoms with van der Waals surface area (Å²) in [7, 11) is -3.58. The van der Waals surface area contributed by atoms with Crippen molar-refractivity contribution in [2.75, 3.05) is 0 Å². The number of benzene rings is 1. The second kappa shape index (κ2) is 6.69. The highest BCUT2D eigenvalue weighted by Crippen LogP contribution is 2.29. The fraction of sp³-hybridized carbons (Fsp3) is 0.500. The molecule has 2 aromatic rings. The Labute approximate surface area is 145 Å². The number of sulfonamides is 1. The molecule has 0 atom stereocenters. The number of rotatable bonds is 5. The Morgan fingerprint density at radius 2 is 1.46 bits per heavy atom.